The number of rotatable bonds is 5. The lowest BCUT2D eigenvalue weighted by molar-refractivity contribution is 1.38. The van der Waals surface area contributed by atoms with Gasteiger partial charge in [-0.1, -0.05) is 18.4 Å². The summed E-state index contributed by atoms with van der Waals surface area (Å²) in [4.78, 5) is 0. The van der Waals surface area contributed by atoms with E-state index in [1.54, 1.807) is 0 Å². The smallest absolute Gasteiger partial charge is 0.0897 e. The Balaban J connectivity index is 3.98. The van der Waals surface area contributed by atoms with Gasteiger partial charge in [-0.05, 0) is 26.2 Å². The number of hydrogen-bond donors (Lipinski definition) is 0. The van der Waals surface area contributed by atoms with Gasteiger partial charge in [-0.15, -0.1) is 0 Å². The number of hydrogen-bond acceptors (Lipinski definition) is 1. The molecule has 0 aliphatic carbocycles. The van der Waals surface area contributed by atoms with Crippen molar-refractivity contribution in [1.82, 2.24) is 0 Å². The van der Waals surface area contributed by atoms with Gasteiger partial charge in [-0.3, -0.25) is 0 Å². The third kappa shape index (κ3) is 4.88. The van der Waals surface area contributed by atoms with Crippen molar-refractivity contribution >= 4 is 15.8 Å². The molecule has 0 aliphatic rings. The van der Waals surface area contributed by atoms with Crippen molar-refractivity contribution < 1.29 is 0 Å². The highest BCUT2D eigenvalue weighted by Gasteiger charge is 2.09. The van der Waals surface area contributed by atoms with Gasteiger partial charge in [-0.2, -0.15) is 0 Å². The minimum atomic E-state index is 0.0466. The molecular weight excluding hydrogens is 172 g/mol. The maximum atomic E-state index is 4.88. The largest absolute Gasteiger partial charge is 0.203 e. The Morgan fingerprint density at radius 2 is 1.45 bits per heavy atom. The summed E-state index contributed by atoms with van der Waals surface area (Å²) in [5, 5.41) is 0. The Morgan fingerprint density at radius 1 is 1.00 bits per heavy atom. The maximum Gasteiger partial charge on any atom is 0.203 e. The van der Waals surface area contributed by atoms with Crippen molar-refractivity contribution in [2.75, 3.05) is 24.6 Å². The van der Waals surface area contributed by atoms with Gasteiger partial charge in [0.1, 0.15) is 12.3 Å². The molecule has 0 aromatic heterocycles. The number of nitrogens with zero attached hydrogens (tertiary/aromatic N) is 1. The molecule has 0 saturated carbocycles. The van der Waals surface area contributed by atoms with E-state index in [2.05, 4.69) is 27.7 Å². The van der Waals surface area contributed by atoms with Gasteiger partial charge in [0.15, 0.2) is 0 Å². The van der Waals surface area contributed by atoms with Crippen LogP contribution >= 0.6 is 15.8 Å². The van der Waals surface area contributed by atoms with Crippen LogP contribution < -0.4 is 0 Å². The van der Waals surface area contributed by atoms with Crippen LogP contribution in [0.15, 0.2) is 4.52 Å². The summed E-state index contributed by atoms with van der Waals surface area (Å²) in [6.45, 7) is 9.05. The van der Waals surface area contributed by atoms with E-state index in [1.165, 1.54) is 24.6 Å². The summed E-state index contributed by atoms with van der Waals surface area (Å²) in [6, 6.07) is 0. The lowest BCUT2D eigenvalue weighted by atomic mass is 11.0. The Bertz CT molecular complexity index is 113. The minimum absolute atomic E-state index is 0.0466. The summed E-state index contributed by atoms with van der Waals surface area (Å²) >= 11 is 0. The fourth-order valence-electron chi connectivity index (χ4n) is 0.879. The molecule has 0 atom stereocenters. The van der Waals surface area contributed by atoms with E-state index in [0.717, 1.165) is 0 Å². The summed E-state index contributed by atoms with van der Waals surface area (Å²) in [7, 11) is 0.0931. The maximum absolute atomic E-state index is 4.88. The van der Waals surface area contributed by atoms with Crippen molar-refractivity contribution in [2.24, 2.45) is 4.52 Å². The van der Waals surface area contributed by atoms with E-state index >= 15 is 0 Å². The first-order valence-corrected chi connectivity index (χ1v) is 7.82. The van der Waals surface area contributed by atoms with E-state index in [0.29, 0.717) is 0 Å². The van der Waals surface area contributed by atoms with Crippen LogP contribution in [0, 0.1) is 0 Å². The van der Waals surface area contributed by atoms with E-state index in [-0.39, 0.29) is 15.8 Å². The molecule has 0 aromatic carbocycles. The highest BCUT2D eigenvalue weighted by Crippen LogP contribution is 2.44. The van der Waals surface area contributed by atoms with Gasteiger partial charge in [0.2, 0.25) is 7.71 Å². The molecule has 0 saturated heterocycles. The van der Waals surface area contributed by atoms with Crippen molar-refractivity contribution in [2.45, 2.75) is 27.7 Å². The fraction of sp³-hybridized carbons (Fsp3) is 1.00. The van der Waals surface area contributed by atoms with Crippen LogP contribution in [0.2, 0.25) is 0 Å². The average Bonchev–Trinajstić information content (AvgIpc) is 2.07. The zero-order valence-electron chi connectivity index (χ0n) is 8.17. The molecule has 66 valence electrons. The fourth-order valence-corrected chi connectivity index (χ4v) is 5.23. The second-order valence-electron chi connectivity index (χ2n) is 2.37. The standard InChI is InChI=1S/C8H20NP2/c1-5-10(6-2)9-11(7-3)8-4/h5-8H2,1-4H3/q+1. The van der Waals surface area contributed by atoms with Crippen LogP contribution in [0.3, 0.4) is 0 Å². The van der Waals surface area contributed by atoms with E-state index in [4.69, 9.17) is 4.52 Å². The van der Waals surface area contributed by atoms with Gasteiger partial charge in [0.25, 0.3) is 0 Å². The molecule has 0 heterocycles. The predicted molar refractivity (Wildman–Crippen MR) is 58.4 cm³/mol. The van der Waals surface area contributed by atoms with Crippen LogP contribution in [-0.2, 0) is 0 Å². The van der Waals surface area contributed by atoms with Crippen molar-refractivity contribution in [3.05, 3.63) is 0 Å². The van der Waals surface area contributed by atoms with E-state index in [9.17, 15) is 0 Å². The average molecular weight is 192 g/mol. The van der Waals surface area contributed by atoms with Gasteiger partial charge in [-0.25, -0.2) is 0 Å². The minimum Gasteiger partial charge on any atom is -0.0897 e. The van der Waals surface area contributed by atoms with Crippen LogP contribution in [0.5, 0.6) is 0 Å². The van der Waals surface area contributed by atoms with Gasteiger partial charge in [0, 0.05) is 0 Å². The Kier molecular flexibility index (Phi) is 7.54. The molecule has 0 fully saturated rings. The SMILES string of the molecule is CCP(CC)N=[P+](CC)CC. The van der Waals surface area contributed by atoms with Crippen LogP contribution in [0.25, 0.3) is 0 Å². The molecule has 0 aliphatic heterocycles. The summed E-state index contributed by atoms with van der Waals surface area (Å²) in [5.74, 6) is 0. The Morgan fingerprint density at radius 3 is 1.73 bits per heavy atom. The molecule has 3 heteroatoms. The molecular formula is C8H20NP2+. The van der Waals surface area contributed by atoms with E-state index < -0.39 is 0 Å². The molecule has 0 N–H and O–H groups in total. The molecule has 0 unspecified atom stereocenters. The van der Waals surface area contributed by atoms with Gasteiger partial charge < -0.3 is 0 Å². The van der Waals surface area contributed by atoms with Crippen molar-refractivity contribution in [1.29, 1.82) is 0 Å². The second-order valence-corrected chi connectivity index (χ2v) is 7.64. The summed E-state index contributed by atoms with van der Waals surface area (Å²) < 4.78 is 4.88. The normalized spacial score (nSPS) is 10.3. The molecule has 0 amide bonds. The zero-order valence-corrected chi connectivity index (χ0v) is 9.96. The monoisotopic (exact) mass is 192 g/mol. The highest BCUT2D eigenvalue weighted by molar-refractivity contribution is 7.64. The van der Waals surface area contributed by atoms with Gasteiger partial charge >= 0.3 is 0 Å². The topological polar surface area (TPSA) is 12.4 Å². The van der Waals surface area contributed by atoms with E-state index in [1.807, 2.05) is 0 Å². The molecule has 11 heavy (non-hydrogen) atoms. The Hall–Kier alpha value is 0.530. The summed E-state index contributed by atoms with van der Waals surface area (Å²) in [6.07, 6.45) is 5.13. The molecule has 1 nitrogen and oxygen atoms in total. The van der Waals surface area contributed by atoms with Crippen LogP contribution in [0.4, 0.5) is 0 Å². The molecule has 0 radical (unpaired) electrons. The second kappa shape index (κ2) is 7.19. The quantitative estimate of drug-likeness (QED) is 0.581. The Labute approximate surface area is 73.3 Å². The van der Waals surface area contributed by atoms with Crippen LogP contribution in [0.1, 0.15) is 27.7 Å². The summed E-state index contributed by atoms with van der Waals surface area (Å²) in [5.41, 5.74) is 0. The lowest BCUT2D eigenvalue weighted by Gasteiger charge is -2.00. The van der Waals surface area contributed by atoms with Crippen LogP contribution in [-0.4, -0.2) is 24.6 Å². The predicted octanol–water partition coefficient (Wildman–Crippen LogP) is 4.13. The third-order valence-corrected chi connectivity index (χ3v) is 6.66. The van der Waals surface area contributed by atoms with Crippen molar-refractivity contribution in [3.63, 3.8) is 0 Å². The first-order chi connectivity index (χ1) is 5.28. The third-order valence-electron chi connectivity index (χ3n) is 1.71. The molecule has 0 rings (SSSR count). The highest BCUT2D eigenvalue weighted by atomic mass is 31.2. The first kappa shape index (κ1) is 11.5. The zero-order chi connectivity index (χ0) is 8.69. The molecule has 0 spiro atoms. The lowest BCUT2D eigenvalue weighted by Crippen LogP contribution is -1.78. The molecule has 0 bridgehead atoms. The van der Waals surface area contributed by atoms with Crippen molar-refractivity contribution in [3.8, 4) is 0 Å². The molecule has 0 aromatic rings. The first-order valence-electron chi connectivity index (χ1n) is 4.49. The van der Waals surface area contributed by atoms with Gasteiger partial charge in [0.05, 0.1) is 8.07 Å².